The highest BCUT2D eigenvalue weighted by molar-refractivity contribution is 4.64. The fourth-order valence-electron chi connectivity index (χ4n) is 1.75. The van der Waals surface area contributed by atoms with Gasteiger partial charge < -0.3 is 4.74 Å². The Morgan fingerprint density at radius 2 is 1.59 bits per heavy atom. The van der Waals surface area contributed by atoms with E-state index in [9.17, 15) is 0 Å². The third-order valence-electron chi connectivity index (χ3n) is 2.43. The van der Waals surface area contributed by atoms with Crippen molar-refractivity contribution in [3.05, 3.63) is 12.7 Å². The Labute approximate surface area is 110 Å². The molecule has 1 rings (SSSR count). The Bertz CT molecular complexity index is 125. The van der Waals surface area contributed by atoms with Gasteiger partial charge in [0.05, 0.1) is 0 Å². The summed E-state index contributed by atoms with van der Waals surface area (Å²) in [5.41, 5.74) is 0. The monoisotopic (exact) mass is 242 g/mol. The van der Waals surface area contributed by atoms with Gasteiger partial charge in [0.2, 0.25) is 0 Å². The summed E-state index contributed by atoms with van der Waals surface area (Å²) in [6.45, 7) is 13.6. The van der Waals surface area contributed by atoms with Crippen LogP contribution in [0, 0.1) is 5.92 Å². The molecule has 1 nitrogen and oxygen atoms in total. The molecule has 0 N–H and O–H groups in total. The lowest BCUT2D eigenvalue weighted by atomic mass is 9.90. The largest absolute Gasteiger partial charge is 0.381 e. The van der Waals surface area contributed by atoms with Gasteiger partial charge in [0, 0.05) is 13.2 Å². The van der Waals surface area contributed by atoms with Gasteiger partial charge in [-0.15, -0.1) is 6.58 Å². The normalized spacial score (nSPS) is 15.1. The molecule has 0 aliphatic heterocycles. The SMILES string of the molecule is C=CC.CCC.CCCOCC1CCCCC1. The van der Waals surface area contributed by atoms with E-state index in [0.717, 1.165) is 25.6 Å². The summed E-state index contributed by atoms with van der Waals surface area (Å²) in [6.07, 6.45) is 11.3. The van der Waals surface area contributed by atoms with Crippen molar-refractivity contribution in [3.8, 4) is 0 Å². The summed E-state index contributed by atoms with van der Waals surface area (Å²) in [5, 5.41) is 0. The lowest BCUT2D eigenvalue weighted by molar-refractivity contribution is 0.0858. The maximum atomic E-state index is 5.52. The molecule has 17 heavy (non-hydrogen) atoms. The first-order valence-corrected chi connectivity index (χ1v) is 7.41. The molecule has 104 valence electrons. The second-order valence-electron chi connectivity index (χ2n) is 4.69. The Balaban J connectivity index is 0. The summed E-state index contributed by atoms with van der Waals surface area (Å²) >= 11 is 0. The van der Waals surface area contributed by atoms with Crippen LogP contribution in [0.1, 0.15) is 72.6 Å². The van der Waals surface area contributed by atoms with Crippen molar-refractivity contribution in [2.75, 3.05) is 13.2 Å². The second-order valence-corrected chi connectivity index (χ2v) is 4.69. The maximum Gasteiger partial charge on any atom is 0.0494 e. The topological polar surface area (TPSA) is 9.23 Å². The van der Waals surface area contributed by atoms with Gasteiger partial charge in [0.1, 0.15) is 0 Å². The van der Waals surface area contributed by atoms with Crippen molar-refractivity contribution in [2.45, 2.75) is 72.6 Å². The minimum absolute atomic E-state index is 0.885. The second kappa shape index (κ2) is 18.1. The van der Waals surface area contributed by atoms with Crippen molar-refractivity contribution < 1.29 is 4.74 Å². The fourth-order valence-corrected chi connectivity index (χ4v) is 1.75. The van der Waals surface area contributed by atoms with E-state index >= 15 is 0 Å². The van der Waals surface area contributed by atoms with Gasteiger partial charge >= 0.3 is 0 Å². The summed E-state index contributed by atoms with van der Waals surface area (Å²) in [4.78, 5) is 0. The molecule has 0 unspecified atom stereocenters. The molecule has 1 heteroatoms. The highest BCUT2D eigenvalue weighted by atomic mass is 16.5. The van der Waals surface area contributed by atoms with Gasteiger partial charge in [-0.05, 0) is 32.1 Å². The molecule has 0 aromatic rings. The highest BCUT2D eigenvalue weighted by Crippen LogP contribution is 2.23. The van der Waals surface area contributed by atoms with Crippen LogP contribution in [-0.2, 0) is 4.74 Å². The molecular weight excluding hydrogens is 208 g/mol. The molecule has 0 saturated heterocycles. The number of rotatable bonds is 4. The number of hydrogen-bond acceptors (Lipinski definition) is 1. The Morgan fingerprint density at radius 3 is 2.00 bits per heavy atom. The van der Waals surface area contributed by atoms with Gasteiger partial charge in [0.15, 0.2) is 0 Å². The molecule has 1 aliphatic carbocycles. The molecular formula is C16H34O. The number of allylic oxidation sites excluding steroid dienone is 1. The van der Waals surface area contributed by atoms with E-state index in [2.05, 4.69) is 27.4 Å². The number of ether oxygens (including phenoxy) is 1. The van der Waals surface area contributed by atoms with E-state index < -0.39 is 0 Å². The van der Waals surface area contributed by atoms with Gasteiger partial charge in [-0.1, -0.05) is 52.5 Å². The molecule has 0 heterocycles. The molecule has 0 aromatic heterocycles. The van der Waals surface area contributed by atoms with Crippen LogP contribution in [0.4, 0.5) is 0 Å². The van der Waals surface area contributed by atoms with Crippen LogP contribution in [-0.4, -0.2) is 13.2 Å². The fraction of sp³-hybridized carbons (Fsp3) is 0.875. The lowest BCUT2D eigenvalue weighted by Gasteiger charge is -2.20. The summed E-state index contributed by atoms with van der Waals surface area (Å²) < 4.78 is 5.52. The van der Waals surface area contributed by atoms with E-state index in [-0.39, 0.29) is 0 Å². The van der Waals surface area contributed by atoms with Crippen molar-refractivity contribution in [2.24, 2.45) is 5.92 Å². The Hall–Kier alpha value is -0.300. The van der Waals surface area contributed by atoms with Crippen LogP contribution in [0.15, 0.2) is 12.7 Å². The van der Waals surface area contributed by atoms with Crippen molar-refractivity contribution in [3.63, 3.8) is 0 Å². The standard InChI is InChI=1S/C10H20O.C3H8.C3H6/c1-2-8-11-9-10-6-4-3-5-7-10;2*1-3-2/h10H,2-9H2,1H3;3H2,1-2H3;3H,1H2,2H3. The minimum Gasteiger partial charge on any atom is -0.381 e. The maximum absolute atomic E-state index is 5.52. The predicted octanol–water partition coefficient (Wildman–Crippen LogP) is 5.60. The van der Waals surface area contributed by atoms with Gasteiger partial charge in [-0.2, -0.15) is 0 Å². The molecule has 0 amide bonds. The highest BCUT2D eigenvalue weighted by Gasteiger charge is 2.12. The van der Waals surface area contributed by atoms with E-state index in [1.165, 1.54) is 38.5 Å². The molecule has 1 saturated carbocycles. The third-order valence-corrected chi connectivity index (χ3v) is 2.43. The zero-order valence-electron chi connectivity index (χ0n) is 12.6. The van der Waals surface area contributed by atoms with Crippen LogP contribution >= 0.6 is 0 Å². The van der Waals surface area contributed by atoms with Crippen molar-refractivity contribution >= 4 is 0 Å². The van der Waals surface area contributed by atoms with Crippen LogP contribution < -0.4 is 0 Å². The molecule has 0 radical (unpaired) electrons. The Morgan fingerprint density at radius 1 is 1.12 bits per heavy atom. The average molecular weight is 242 g/mol. The molecule has 1 aliphatic rings. The number of hydrogen-bond donors (Lipinski definition) is 0. The van der Waals surface area contributed by atoms with Gasteiger partial charge in [0.25, 0.3) is 0 Å². The van der Waals surface area contributed by atoms with Crippen LogP contribution in [0.5, 0.6) is 0 Å². The first-order valence-electron chi connectivity index (χ1n) is 7.41. The lowest BCUT2D eigenvalue weighted by Crippen LogP contribution is -2.13. The van der Waals surface area contributed by atoms with E-state index in [1.54, 1.807) is 6.08 Å². The summed E-state index contributed by atoms with van der Waals surface area (Å²) in [7, 11) is 0. The Kier molecular flexibility index (Phi) is 20.3. The minimum atomic E-state index is 0.885. The summed E-state index contributed by atoms with van der Waals surface area (Å²) in [5.74, 6) is 0.885. The molecule has 0 atom stereocenters. The molecule has 0 aromatic carbocycles. The van der Waals surface area contributed by atoms with Gasteiger partial charge in [-0.25, -0.2) is 0 Å². The predicted molar refractivity (Wildman–Crippen MR) is 79.5 cm³/mol. The average Bonchev–Trinajstić information content (AvgIpc) is 2.33. The van der Waals surface area contributed by atoms with Crippen LogP contribution in [0.3, 0.4) is 0 Å². The van der Waals surface area contributed by atoms with E-state index in [0.29, 0.717) is 0 Å². The molecule has 0 bridgehead atoms. The summed E-state index contributed by atoms with van der Waals surface area (Å²) in [6, 6.07) is 0. The third kappa shape index (κ3) is 18.3. The van der Waals surface area contributed by atoms with Crippen LogP contribution in [0.25, 0.3) is 0 Å². The first-order chi connectivity index (χ1) is 8.26. The van der Waals surface area contributed by atoms with E-state index in [4.69, 9.17) is 4.74 Å². The van der Waals surface area contributed by atoms with Gasteiger partial charge in [-0.3, -0.25) is 0 Å². The molecule has 0 spiro atoms. The zero-order valence-corrected chi connectivity index (χ0v) is 12.6. The quantitative estimate of drug-likeness (QED) is 0.460. The van der Waals surface area contributed by atoms with Crippen molar-refractivity contribution in [1.82, 2.24) is 0 Å². The van der Waals surface area contributed by atoms with Crippen molar-refractivity contribution in [1.29, 1.82) is 0 Å². The van der Waals surface area contributed by atoms with E-state index in [1.807, 2.05) is 6.92 Å². The smallest absolute Gasteiger partial charge is 0.0494 e. The first kappa shape index (κ1) is 19.0. The van der Waals surface area contributed by atoms with Crippen LogP contribution in [0.2, 0.25) is 0 Å². The molecule has 1 fully saturated rings. The zero-order chi connectivity index (χ0) is 13.4.